The van der Waals surface area contributed by atoms with Gasteiger partial charge < -0.3 is 4.74 Å². The van der Waals surface area contributed by atoms with Crippen molar-refractivity contribution in [2.24, 2.45) is 0 Å². The Hall–Kier alpha value is -2.50. The average molecular weight is 354 g/mol. The summed E-state index contributed by atoms with van der Waals surface area (Å²) in [6, 6.07) is 13.7. The molecule has 0 N–H and O–H groups in total. The smallest absolute Gasteiger partial charge is 0.232 e. The number of hydrogen-bond acceptors (Lipinski definition) is 5. The second kappa shape index (κ2) is 6.19. The van der Waals surface area contributed by atoms with E-state index in [1.165, 1.54) is 0 Å². The second-order valence-corrected chi connectivity index (χ2v) is 6.38. The molecule has 24 heavy (non-hydrogen) atoms. The molecule has 0 aliphatic rings. The van der Waals surface area contributed by atoms with Crippen molar-refractivity contribution in [3.63, 3.8) is 0 Å². The number of pyridine rings is 1. The highest BCUT2D eigenvalue weighted by molar-refractivity contribution is 7.17. The fourth-order valence-corrected chi connectivity index (χ4v) is 3.61. The van der Waals surface area contributed by atoms with E-state index in [9.17, 15) is 0 Å². The molecular formula is C18H12ClN3OS. The van der Waals surface area contributed by atoms with E-state index >= 15 is 0 Å². The van der Waals surface area contributed by atoms with Crippen molar-refractivity contribution < 1.29 is 4.74 Å². The molecule has 118 valence electrons. The largest absolute Gasteiger partial charge is 0.435 e. The van der Waals surface area contributed by atoms with Crippen LogP contribution in [-0.2, 0) is 0 Å². The normalized spacial score (nSPS) is 10.9. The highest BCUT2D eigenvalue weighted by Gasteiger charge is 2.17. The molecule has 4 aromatic rings. The number of fused-ring (bicyclic) bond motifs is 1. The van der Waals surface area contributed by atoms with E-state index in [0.717, 1.165) is 21.3 Å². The minimum Gasteiger partial charge on any atom is -0.435 e. The Balaban J connectivity index is 1.91. The van der Waals surface area contributed by atoms with Gasteiger partial charge in [0.25, 0.3) is 0 Å². The first-order valence-electron chi connectivity index (χ1n) is 7.32. The number of aryl methyl sites for hydroxylation is 1. The van der Waals surface area contributed by atoms with E-state index in [-0.39, 0.29) is 0 Å². The summed E-state index contributed by atoms with van der Waals surface area (Å²) >= 11 is 7.69. The molecule has 0 fully saturated rings. The van der Waals surface area contributed by atoms with Crippen LogP contribution >= 0.6 is 22.9 Å². The van der Waals surface area contributed by atoms with Crippen LogP contribution in [0.2, 0.25) is 5.15 Å². The van der Waals surface area contributed by atoms with Gasteiger partial charge in [-0.2, -0.15) is 4.98 Å². The lowest BCUT2D eigenvalue weighted by atomic mass is 10.1. The second-order valence-electron chi connectivity index (χ2n) is 5.17. The van der Waals surface area contributed by atoms with E-state index in [1.807, 2.05) is 25.1 Å². The lowest BCUT2D eigenvalue weighted by Gasteiger charge is -2.09. The number of aromatic nitrogens is 3. The molecule has 0 aliphatic heterocycles. The molecule has 0 saturated carbocycles. The number of halogens is 1. The highest BCUT2D eigenvalue weighted by atomic mass is 35.5. The van der Waals surface area contributed by atoms with Crippen molar-refractivity contribution in [2.45, 2.75) is 6.92 Å². The SMILES string of the molecule is Cc1nc(Oc2cccnc2Cl)c2c(-c3ccccc3)csc2n1. The zero-order chi connectivity index (χ0) is 16.5. The van der Waals surface area contributed by atoms with Gasteiger partial charge in [-0.15, -0.1) is 11.3 Å². The first-order valence-corrected chi connectivity index (χ1v) is 8.58. The molecule has 3 heterocycles. The summed E-state index contributed by atoms with van der Waals surface area (Å²) in [5.41, 5.74) is 2.14. The number of thiophene rings is 1. The molecule has 3 aromatic heterocycles. The van der Waals surface area contributed by atoms with Gasteiger partial charge in [0.2, 0.25) is 5.88 Å². The fourth-order valence-electron chi connectivity index (χ4n) is 2.47. The number of hydrogen-bond donors (Lipinski definition) is 0. The van der Waals surface area contributed by atoms with Gasteiger partial charge in [0, 0.05) is 17.1 Å². The minimum atomic E-state index is 0.304. The van der Waals surface area contributed by atoms with Gasteiger partial charge in [-0.1, -0.05) is 41.9 Å². The predicted octanol–water partition coefficient (Wildman–Crippen LogP) is 5.51. The van der Waals surface area contributed by atoms with Crippen LogP contribution in [-0.4, -0.2) is 15.0 Å². The fraction of sp³-hybridized carbons (Fsp3) is 0.0556. The Morgan fingerprint density at radius 3 is 2.67 bits per heavy atom. The van der Waals surface area contributed by atoms with Crippen molar-refractivity contribution in [1.29, 1.82) is 0 Å². The Bertz CT molecular complexity index is 1020. The highest BCUT2D eigenvalue weighted by Crippen LogP contribution is 2.40. The van der Waals surface area contributed by atoms with E-state index in [4.69, 9.17) is 16.3 Å². The number of ether oxygens (including phenoxy) is 1. The first-order chi connectivity index (χ1) is 11.7. The molecule has 0 bridgehead atoms. The van der Waals surface area contributed by atoms with Crippen LogP contribution in [0.3, 0.4) is 0 Å². The maximum Gasteiger partial charge on any atom is 0.232 e. The lowest BCUT2D eigenvalue weighted by Crippen LogP contribution is -1.95. The van der Waals surface area contributed by atoms with Crippen LogP contribution in [0.4, 0.5) is 0 Å². The summed E-state index contributed by atoms with van der Waals surface area (Å²) < 4.78 is 5.98. The van der Waals surface area contributed by atoms with Crippen LogP contribution < -0.4 is 4.74 Å². The van der Waals surface area contributed by atoms with Gasteiger partial charge in [-0.25, -0.2) is 9.97 Å². The van der Waals surface area contributed by atoms with Crippen molar-refractivity contribution in [3.05, 3.63) is 65.0 Å². The Labute approximate surface area is 147 Å². The van der Waals surface area contributed by atoms with Gasteiger partial charge in [0.15, 0.2) is 10.9 Å². The van der Waals surface area contributed by atoms with Crippen LogP contribution in [0, 0.1) is 6.92 Å². The molecule has 0 aliphatic carbocycles. The lowest BCUT2D eigenvalue weighted by molar-refractivity contribution is 0.465. The van der Waals surface area contributed by atoms with Crippen molar-refractivity contribution in [1.82, 2.24) is 15.0 Å². The summed E-state index contributed by atoms with van der Waals surface area (Å²) in [5, 5.41) is 3.27. The molecule has 0 radical (unpaired) electrons. The quantitative estimate of drug-likeness (QED) is 0.456. The number of nitrogens with zero attached hydrogens (tertiary/aromatic N) is 3. The molecule has 1 aromatic carbocycles. The Morgan fingerprint density at radius 2 is 1.88 bits per heavy atom. The Morgan fingerprint density at radius 1 is 1.04 bits per heavy atom. The molecule has 4 nitrogen and oxygen atoms in total. The molecule has 0 amide bonds. The molecule has 0 unspecified atom stereocenters. The third-order valence-electron chi connectivity index (χ3n) is 3.53. The zero-order valence-corrected chi connectivity index (χ0v) is 14.3. The van der Waals surface area contributed by atoms with E-state index in [2.05, 4.69) is 32.5 Å². The van der Waals surface area contributed by atoms with Crippen molar-refractivity contribution >= 4 is 33.2 Å². The van der Waals surface area contributed by atoms with Gasteiger partial charge in [-0.3, -0.25) is 0 Å². The monoisotopic (exact) mass is 353 g/mol. The van der Waals surface area contributed by atoms with Gasteiger partial charge in [-0.05, 0) is 24.6 Å². The summed E-state index contributed by atoms with van der Waals surface area (Å²) in [4.78, 5) is 13.9. The first kappa shape index (κ1) is 15.1. The third kappa shape index (κ3) is 2.72. The third-order valence-corrected chi connectivity index (χ3v) is 4.68. The molecule has 4 rings (SSSR count). The zero-order valence-electron chi connectivity index (χ0n) is 12.7. The number of rotatable bonds is 3. The minimum absolute atomic E-state index is 0.304. The molecule has 0 atom stereocenters. The van der Waals surface area contributed by atoms with E-state index in [1.54, 1.807) is 29.7 Å². The van der Waals surface area contributed by atoms with Crippen molar-refractivity contribution in [3.8, 4) is 22.8 Å². The summed E-state index contributed by atoms with van der Waals surface area (Å²) in [6.45, 7) is 1.85. The van der Waals surface area contributed by atoms with Crippen molar-refractivity contribution in [2.75, 3.05) is 0 Å². The van der Waals surface area contributed by atoms with Gasteiger partial charge >= 0.3 is 0 Å². The van der Waals surface area contributed by atoms with Crippen LogP contribution in [0.25, 0.3) is 21.3 Å². The van der Waals surface area contributed by atoms with Crippen LogP contribution in [0.1, 0.15) is 5.82 Å². The van der Waals surface area contributed by atoms with E-state index < -0.39 is 0 Å². The topological polar surface area (TPSA) is 47.9 Å². The Kier molecular flexibility index (Phi) is 3.88. The molecule has 0 saturated heterocycles. The molecular weight excluding hydrogens is 342 g/mol. The van der Waals surface area contributed by atoms with Gasteiger partial charge in [0.1, 0.15) is 10.7 Å². The van der Waals surface area contributed by atoms with E-state index in [0.29, 0.717) is 22.6 Å². The summed E-state index contributed by atoms with van der Waals surface area (Å²) in [7, 11) is 0. The summed E-state index contributed by atoms with van der Waals surface area (Å²) in [5.74, 6) is 1.62. The van der Waals surface area contributed by atoms with Crippen LogP contribution in [0.15, 0.2) is 54.0 Å². The number of benzene rings is 1. The maximum atomic E-state index is 6.12. The standard InChI is InChI=1S/C18H12ClN3OS/c1-11-21-17(23-14-8-5-9-20-16(14)19)15-13(10-24-18(15)22-11)12-6-3-2-4-7-12/h2-10H,1H3. The molecule has 6 heteroatoms. The molecule has 0 spiro atoms. The average Bonchev–Trinajstić information content (AvgIpc) is 3.01. The maximum absolute atomic E-state index is 6.12. The van der Waals surface area contributed by atoms with Crippen LogP contribution in [0.5, 0.6) is 11.6 Å². The summed E-state index contributed by atoms with van der Waals surface area (Å²) in [6.07, 6.45) is 1.62. The van der Waals surface area contributed by atoms with Gasteiger partial charge in [0.05, 0.1) is 5.39 Å². The predicted molar refractivity (Wildman–Crippen MR) is 96.9 cm³/mol.